The second-order valence-corrected chi connectivity index (χ2v) is 5.73. The number of carbonyl (C=O) groups excluding carboxylic acids is 2. The molecule has 0 bridgehead atoms. The molecule has 0 radical (unpaired) electrons. The third kappa shape index (κ3) is 2.86. The Morgan fingerprint density at radius 3 is 2.12 bits per heavy atom. The Balaban J connectivity index is 2.07. The zero-order valence-corrected chi connectivity index (χ0v) is 13.9. The third-order valence-corrected chi connectivity index (χ3v) is 4.26. The summed E-state index contributed by atoms with van der Waals surface area (Å²) < 4.78 is 32.3. The molecule has 0 saturated carbocycles. The molecule has 0 saturated heterocycles. The van der Waals surface area contributed by atoms with Gasteiger partial charge in [0.15, 0.2) is 17.4 Å². The molecular formula is C16H11F2N3O3S. The van der Waals surface area contributed by atoms with E-state index in [0.717, 1.165) is 31.0 Å². The van der Waals surface area contributed by atoms with Gasteiger partial charge in [0.2, 0.25) is 11.6 Å². The molecule has 1 aliphatic carbocycles. The molecule has 3 rings (SSSR count). The number of nitrogens with zero attached hydrogens (tertiary/aromatic N) is 2. The van der Waals surface area contributed by atoms with E-state index in [0.29, 0.717) is 0 Å². The van der Waals surface area contributed by atoms with Crippen molar-refractivity contribution in [3.63, 3.8) is 0 Å². The molecule has 2 aromatic rings. The average molecular weight is 363 g/mol. The van der Waals surface area contributed by atoms with E-state index >= 15 is 0 Å². The molecule has 0 unspecified atom stereocenters. The molecule has 128 valence electrons. The minimum atomic E-state index is -0.939. The number of hydrogen-bond acceptors (Lipinski definition) is 7. The van der Waals surface area contributed by atoms with Crippen molar-refractivity contribution in [1.82, 2.24) is 9.97 Å². The minimum Gasteiger partial charge on any atom is -0.491 e. The van der Waals surface area contributed by atoms with Crippen molar-refractivity contribution in [1.29, 1.82) is 0 Å². The van der Waals surface area contributed by atoms with E-state index in [4.69, 9.17) is 0 Å². The number of fused-ring (bicyclic) bond motifs is 1. The largest absolute Gasteiger partial charge is 0.491 e. The van der Waals surface area contributed by atoms with Gasteiger partial charge in [-0.1, -0.05) is 0 Å². The van der Waals surface area contributed by atoms with E-state index in [1.165, 1.54) is 12.4 Å². The van der Waals surface area contributed by atoms with Gasteiger partial charge < -0.3 is 10.1 Å². The Bertz CT molecular complexity index is 908. The highest BCUT2D eigenvalue weighted by molar-refractivity contribution is 8.03. The Hall–Kier alpha value is -2.81. The fourth-order valence-corrected chi connectivity index (χ4v) is 3.02. The molecular weight excluding hydrogens is 352 g/mol. The number of halogens is 2. The van der Waals surface area contributed by atoms with Crippen LogP contribution in [-0.4, -0.2) is 34.9 Å². The van der Waals surface area contributed by atoms with Crippen LogP contribution in [0.5, 0.6) is 5.75 Å². The van der Waals surface area contributed by atoms with Gasteiger partial charge in [0.1, 0.15) is 17.1 Å². The number of hydrogen-bond donors (Lipinski definition) is 1. The van der Waals surface area contributed by atoms with Crippen molar-refractivity contribution in [2.24, 2.45) is 0 Å². The summed E-state index contributed by atoms with van der Waals surface area (Å²) in [7, 11) is 1.14. The van der Waals surface area contributed by atoms with Crippen LogP contribution < -0.4 is 10.1 Å². The van der Waals surface area contributed by atoms with Crippen LogP contribution in [0.2, 0.25) is 0 Å². The van der Waals surface area contributed by atoms with Gasteiger partial charge in [-0.15, -0.1) is 11.8 Å². The number of nitrogens with one attached hydrogen (secondary N) is 1. The number of ether oxygens (including phenoxy) is 1. The Morgan fingerprint density at radius 1 is 1.04 bits per heavy atom. The Kier molecular flexibility index (Phi) is 4.49. The second kappa shape index (κ2) is 6.60. The maximum Gasteiger partial charge on any atom is 0.231 e. The van der Waals surface area contributed by atoms with Gasteiger partial charge in [0, 0.05) is 30.2 Å². The van der Waals surface area contributed by atoms with E-state index in [2.05, 4.69) is 20.0 Å². The number of methoxy groups -OCH3 is 1. The standard InChI is InChI=1S/C16H11F2N3O3S/c1-24-15-8(17)5-7(6-9(15)18)21-12-13(22)10-11(20-4-3-19-10)14(23)16(12)25-2/h3-6,21H,1-2H3. The lowest BCUT2D eigenvalue weighted by Gasteiger charge is -2.19. The molecule has 1 aromatic heterocycles. The number of allylic oxidation sites excluding steroid dienone is 2. The van der Waals surface area contributed by atoms with Crippen molar-refractivity contribution in [2.75, 3.05) is 18.7 Å². The van der Waals surface area contributed by atoms with Crippen molar-refractivity contribution < 1.29 is 23.1 Å². The predicted octanol–water partition coefficient (Wildman–Crippen LogP) is 2.83. The summed E-state index contributed by atoms with van der Waals surface area (Å²) in [5.74, 6) is -3.47. The first kappa shape index (κ1) is 17.0. The highest BCUT2D eigenvalue weighted by Crippen LogP contribution is 2.32. The summed E-state index contributed by atoms with van der Waals surface area (Å²) in [4.78, 5) is 33.0. The molecule has 0 fully saturated rings. The van der Waals surface area contributed by atoms with Crippen LogP contribution in [0, 0.1) is 11.6 Å². The van der Waals surface area contributed by atoms with Gasteiger partial charge in [-0.3, -0.25) is 9.59 Å². The lowest BCUT2D eigenvalue weighted by molar-refractivity contribution is 0.0975. The van der Waals surface area contributed by atoms with E-state index in [1.54, 1.807) is 6.26 Å². The molecule has 1 aromatic carbocycles. The third-order valence-electron chi connectivity index (χ3n) is 3.46. The lowest BCUT2D eigenvalue weighted by Crippen LogP contribution is -2.27. The molecule has 0 atom stereocenters. The maximum atomic E-state index is 13.9. The minimum absolute atomic E-state index is 0.0363. The number of thioether (sulfide) groups is 1. The van der Waals surface area contributed by atoms with Gasteiger partial charge in [-0.25, -0.2) is 18.7 Å². The first-order valence-electron chi connectivity index (χ1n) is 6.96. The van der Waals surface area contributed by atoms with Gasteiger partial charge in [0.25, 0.3) is 0 Å². The average Bonchev–Trinajstić information content (AvgIpc) is 2.59. The first-order chi connectivity index (χ1) is 12.0. The van der Waals surface area contributed by atoms with E-state index in [1.807, 2.05) is 0 Å². The topological polar surface area (TPSA) is 81.2 Å². The first-order valence-corrected chi connectivity index (χ1v) is 8.19. The zero-order chi connectivity index (χ0) is 18.1. The summed E-state index contributed by atoms with van der Waals surface area (Å²) in [5.41, 5.74) is -0.294. The number of carbonyl (C=O) groups is 2. The monoisotopic (exact) mass is 363 g/mol. The molecule has 0 amide bonds. The maximum absolute atomic E-state index is 13.9. The smallest absolute Gasteiger partial charge is 0.231 e. The summed E-state index contributed by atoms with van der Waals surface area (Å²) in [6.07, 6.45) is 4.21. The van der Waals surface area contributed by atoms with Crippen molar-refractivity contribution >= 4 is 29.0 Å². The van der Waals surface area contributed by atoms with Crippen LogP contribution in [0.15, 0.2) is 35.1 Å². The predicted molar refractivity (Wildman–Crippen MR) is 87.8 cm³/mol. The lowest BCUT2D eigenvalue weighted by atomic mass is 10.0. The molecule has 1 aliphatic rings. The Morgan fingerprint density at radius 2 is 1.60 bits per heavy atom. The molecule has 0 spiro atoms. The van der Waals surface area contributed by atoms with Crippen LogP contribution in [0.3, 0.4) is 0 Å². The number of Topliss-reactive ketones (excluding diaryl/α,β-unsaturated/α-hetero) is 2. The van der Waals surface area contributed by atoms with Crippen LogP contribution in [0.4, 0.5) is 14.5 Å². The van der Waals surface area contributed by atoms with Crippen molar-refractivity contribution in [3.05, 3.63) is 58.2 Å². The SMILES string of the molecule is COc1c(F)cc(NC2=C(SC)C(=O)c3nccnc3C2=O)cc1F. The Labute approximate surface area is 145 Å². The number of benzene rings is 1. The molecule has 1 N–H and O–H groups in total. The molecule has 25 heavy (non-hydrogen) atoms. The number of rotatable bonds is 4. The van der Waals surface area contributed by atoms with Crippen LogP contribution in [-0.2, 0) is 0 Å². The fraction of sp³-hybridized carbons (Fsp3) is 0.125. The summed E-state index contributed by atoms with van der Waals surface area (Å²) >= 11 is 1.03. The molecule has 6 nitrogen and oxygen atoms in total. The van der Waals surface area contributed by atoms with Gasteiger partial charge in [0.05, 0.1) is 12.0 Å². The molecule has 0 aliphatic heterocycles. The fourth-order valence-electron chi connectivity index (χ4n) is 2.39. The normalized spacial score (nSPS) is 13.8. The van der Waals surface area contributed by atoms with E-state index in [9.17, 15) is 18.4 Å². The second-order valence-electron chi connectivity index (χ2n) is 4.92. The molecule has 1 heterocycles. The van der Waals surface area contributed by atoms with Gasteiger partial charge in [-0.2, -0.15) is 0 Å². The highest BCUT2D eigenvalue weighted by atomic mass is 32.2. The number of anilines is 1. The van der Waals surface area contributed by atoms with Crippen molar-refractivity contribution in [3.8, 4) is 5.75 Å². The van der Waals surface area contributed by atoms with E-state index in [-0.39, 0.29) is 27.7 Å². The van der Waals surface area contributed by atoms with Crippen LogP contribution >= 0.6 is 11.8 Å². The zero-order valence-electron chi connectivity index (χ0n) is 13.1. The quantitative estimate of drug-likeness (QED) is 0.894. The number of aromatic nitrogens is 2. The summed E-state index contributed by atoms with van der Waals surface area (Å²) in [5, 5.41) is 2.62. The van der Waals surface area contributed by atoms with E-state index < -0.39 is 29.0 Å². The summed E-state index contributed by atoms with van der Waals surface area (Å²) in [6.45, 7) is 0. The van der Waals surface area contributed by atoms with Gasteiger partial charge in [-0.05, 0) is 6.26 Å². The molecule has 9 heteroatoms. The summed E-state index contributed by atoms with van der Waals surface area (Å²) in [6, 6.07) is 1.94. The number of ketones is 2. The van der Waals surface area contributed by atoms with Crippen LogP contribution in [0.1, 0.15) is 21.0 Å². The van der Waals surface area contributed by atoms with Crippen LogP contribution in [0.25, 0.3) is 0 Å². The van der Waals surface area contributed by atoms with Gasteiger partial charge >= 0.3 is 0 Å². The van der Waals surface area contributed by atoms with Crippen molar-refractivity contribution in [2.45, 2.75) is 0 Å². The highest BCUT2D eigenvalue weighted by Gasteiger charge is 2.34.